The Morgan fingerprint density at radius 1 is 1.10 bits per heavy atom. The van der Waals surface area contributed by atoms with E-state index < -0.39 is 17.7 Å². The van der Waals surface area contributed by atoms with Crippen LogP contribution in [0.25, 0.3) is 0 Å². The highest BCUT2D eigenvalue weighted by atomic mass is 79.9. The molecule has 0 amide bonds. The van der Waals surface area contributed by atoms with Crippen LogP contribution in [-0.2, 0) is 6.42 Å². The van der Waals surface area contributed by atoms with E-state index in [2.05, 4.69) is 21.2 Å². The van der Waals surface area contributed by atoms with Crippen molar-refractivity contribution in [2.24, 2.45) is 0 Å². The highest BCUT2D eigenvalue weighted by molar-refractivity contribution is 9.10. The molecule has 5 heteroatoms. The number of nitrogens with one attached hydrogen (secondary N) is 1. The van der Waals surface area contributed by atoms with Gasteiger partial charge in [-0.3, -0.25) is 0 Å². The molecule has 0 fully saturated rings. The first-order chi connectivity index (χ1) is 9.93. The van der Waals surface area contributed by atoms with Gasteiger partial charge in [0.1, 0.15) is 17.5 Å². The number of halogens is 4. The largest absolute Gasteiger partial charge is 0.313 e. The van der Waals surface area contributed by atoms with Crippen molar-refractivity contribution in [3.8, 4) is 0 Å². The van der Waals surface area contributed by atoms with Crippen LogP contribution in [0.4, 0.5) is 13.2 Å². The zero-order valence-electron chi connectivity index (χ0n) is 11.7. The molecule has 0 aliphatic heterocycles. The Morgan fingerprint density at radius 2 is 1.81 bits per heavy atom. The molecule has 0 saturated heterocycles. The summed E-state index contributed by atoms with van der Waals surface area (Å²) in [4.78, 5) is 0. The molecule has 0 bridgehead atoms. The van der Waals surface area contributed by atoms with E-state index in [1.54, 1.807) is 26.1 Å². The molecule has 2 aromatic rings. The summed E-state index contributed by atoms with van der Waals surface area (Å²) in [5, 5.41) is 2.91. The maximum absolute atomic E-state index is 14.0. The molecule has 1 nitrogen and oxygen atoms in total. The van der Waals surface area contributed by atoms with Gasteiger partial charge in [-0.25, -0.2) is 13.2 Å². The number of benzene rings is 2. The molecule has 0 saturated carbocycles. The topological polar surface area (TPSA) is 12.0 Å². The lowest BCUT2D eigenvalue weighted by Gasteiger charge is -2.19. The van der Waals surface area contributed by atoms with E-state index in [1.165, 1.54) is 18.2 Å². The Kier molecular flexibility index (Phi) is 5.06. The first kappa shape index (κ1) is 16.0. The van der Waals surface area contributed by atoms with Gasteiger partial charge in [-0.1, -0.05) is 12.1 Å². The zero-order chi connectivity index (χ0) is 15.6. The number of hydrogen-bond acceptors (Lipinski definition) is 1. The fourth-order valence-corrected chi connectivity index (χ4v) is 2.61. The van der Waals surface area contributed by atoms with Crippen LogP contribution in [-0.4, -0.2) is 7.05 Å². The van der Waals surface area contributed by atoms with Crippen LogP contribution in [0.1, 0.15) is 22.7 Å². The number of rotatable bonds is 4. The molecule has 0 aliphatic carbocycles. The van der Waals surface area contributed by atoms with Crippen molar-refractivity contribution in [1.29, 1.82) is 0 Å². The highest BCUT2D eigenvalue weighted by Gasteiger charge is 2.20. The predicted octanol–water partition coefficient (Wildman–Crippen LogP) is 4.68. The minimum absolute atomic E-state index is 0.0214. The van der Waals surface area contributed by atoms with E-state index in [-0.39, 0.29) is 22.3 Å². The van der Waals surface area contributed by atoms with E-state index in [4.69, 9.17) is 0 Å². The standard InChI is InChI=1S/C16H15BrF3N/c1-9-3-4-10(14(19)7-9)15(21-2)8-11-13(18)6-5-12(17)16(11)20/h3-7,15,21H,8H2,1-2H3. The average Bonchev–Trinajstić information content (AvgIpc) is 2.44. The van der Waals surface area contributed by atoms with Gasteiger partial charge in [0.05, 0.1) is 4.47 Å². The molecular weight excluding hydrogens is 343 g/mol. The van der Waals surface area contributed by atoms with Gasteiger partial charge in [0.15, 0.2) is 0 Å². The van der Waals surface area contributed by atoms with Crippen LogP contribution in [0.15, 0.2) is 34.8 Å². The van der Waals surface area contributed by atoms with E-state index >= 15 is 0 Å². The van der Waals surface area contributed by atoms with E-state index in [0.29, 0.717) is 5.56 Å². The number of aryl methyl sites for hydroxylation is 1. The summed E-state index contributed by atoms with van der Waals surface area (Å²) in [7, 11) is 1.64. The van der Waals surface area contributed by atoms with Crippen LogP contribution in [0, 0.1) is 24.4 Å². The molecule has 2 rings (SSSR count). The van der Waals surface area contributed by atoms with E-state index in [9.17, 15) is 13.2 Å². The molecule has 1 atom stereocenters. The summed E-state index contributed by atoms with van der Waals surface area (Å²) in [5.74, 6) is -1.67. The second kappa shape index (κ2) is 6.62. The Morgan fingerprint density at radius 3 is 2.43 bits per heavy atom. The van der Waals surface area contributed by atoms with Crippen LogP contribution in [0.2, 0.25) is 0 Å². The molecule has 0 aromatic heterocycles. The number of likely N-dealkylation sites (N-methyl/N-ethyl adjacent to an activating group) is 1. The molecule has 1 unspecified atom stereocenters. The normalized spacial score (nSPS) is 12.5. The molecule has 0 spiro atoms. The van der Waals surface area contributed by atoms with Crippen molar-refractivity contribution in [1.82, 2.24) is 5.32 Å². The van der Waals surface area contributed by atoms with Crippen molar-refractivity contribution in [3.63, 3.8) is 0 Å². The maximum atomic E-state index is 14.0. The average molecular weight is 358 g/mol. The smallest absolute Gasteiger partial charge is 0.143 e. The van der Waals surface area contributed by atoms with Crippen molar-refractivity contribution in [2.75, 3.05) is 7.05 Å². The second-order valence-corrected chi connectivity index (χ2v) is 5.75. The molecule has 0 aliphatic rings. The van der Waals surface area contributed by atoms with Crippen molar-refractivity contribution >= 4 is 15.9 Å². The molecule has 1 N–H and O–H groups in total. The van der Waals surface area contributed by atoms with E-state index in [0.717, 1.165) is 5.56 Å². The van der Waals surface area contributed by atoms with E-state index in [1.807, 2.05) is 0 Å². The van der Waals surface area contributed by atoms with Crippen LogP contribution >= 0.6 is 15.9 Å². The van der Waals surface area contributed by atoms with Crippen molar-refractivity contribution < 1.29 is 13.2 Å². The van der Waals surface area contributed by atoms with Gasteiger partial charge in [-0.05, 0) is 60.1 Å². The summed E-state index contributed by atoms with van der Waals surface area (Å²) in [5.41, 5.74) is 1.12. The molecule has 0 radical (unpaired) electrons. The lowest BCUT2D eigenvalue weighted by Crippen LogP contribution is -2.21. The maximum Gasteiger partial charge on any atom is 0.143 e. The van der Waals surface area contributed by atoms with Gasteiger partial charge >= 0.3 is 0 Å². The minimum Gasteiger partial charge on any atom is -0.313 e. The predicted molar refractivity (Wildman–Crippen MR) is 80.7 cm³/mol. The highest BCUT2D eigenvalue weighted by Crippen LogP contribution is 2.27. The summed E-state index contributed by atoms with van der Waals surface area (Å²) < 4.78 is 42.1. The van der Waals surface area contributed by atoms with Gasteiger partial charge in [0, 0.05) is 17.2 Å². The Bertz CT molecular complexity index is 658. The van der Waals surface area contributed by atoms with Crippen molar-refractivity contribution in [3.05, 3.63) is 68.9 Å². The summed E-state index contributed by atoms with van der Waals surface area (Å²) in [6.07, 6.45) is 0.0214. The van der Waals surface area contributed by atoms with Gasteiger partial charge in [-0.2, -0.15) is 0 Å². The van der Waals surface area contributed by atoms with Gasteiger partial charge in [-0.15, -0.1) is 0 Å². The quantitative estimate of drug-likeness (QED) is 0.783. The third-order valence-electron chi connectivity index (χ3n) is 3.43. The van der Waals surface area contributed by atoms with Crippen LogP contribution < -0.4 is 5.32 Å². The minimum atomic E-state index is -0.650. The fourth-order valence-electron chi connectivity index (χ4n) is 2.24. The molecule has 112 valence electrons. The lowest BCUT2D eigenvalue weighted by atomic mass is 9.97. The fraction of sp³-hybridized carbons (Fsp3) is 0.250. The third-order valence-corrected chi connectivity index (χ3v) is 4.04. The SMILES string of the molecule is CNC(Cc1c(F)ccc(Br)c1F)c1ccc(C)cc1F. The molecule has 21 heavy (non-hydrogen) atoms. The summed E-state index contributed by atoms with van der Waals surface area (Å²) >= 11 is 3.04. The van der Waals surface area contributed by atoms with Gasteiger partial charge < -0.3 is 5.32 Å². The zero-order valence-corrected chi connectivity index (χ0v) is 13.3. The van der Waals surface area contributed by atoms with Gasteiger partial charge in [0.25, 0.3) is 0 Å². The van der Waals surface area contributed by atoms with Crippen molar-refractivity contribution in [2.45, 2.75) is 19.4 Å². The third kappa shape index (κ3) is 3.47. The molecule has 0 heterocycles. The summed E-state index contributed by atoms with van der Waals surface area (Å²) in [6, 6.07) is 6.82. The number of hydrogen-bond donors (Lipinski definition) is 1. The Labute approximate surface area is 130 Å². The summed E-state index contributed by atoms with van der Waals surface area (Å²) in [6.45, 7) is 1.79. The van der Waals surface area contributed by atoms with Crippen LogP contribution in [0.5, 0.6) is 0 Å². The molecular formula is C16H15BrF3N. The Balaban J connectivity index is 2.38. The molecule has 2 aromatic carbocycles. The van der Waals surface area contributed by atoms with Crippen LogP contribution in [0.3, 0.4) is 0 Å². The van der Waals surface area contributed by atoms with Gasteiger partial charge in [0.2, 0.25) is 0 Å². The first-order valence-electron chi connectivity index (χ1n) is 6.49. The first-order valence-corrected chi connectivity index (χ1v) is 7.29. The Hall–Kier alpha value is -1.33. The second-order valence-electron chi connectivity index (χ2n) is 4.89. The lowest BCUT2D eigenvalue weighted by molar-refractivity contribution is 0.495. The monoisotopic (exact) mass is 357 g/mol.